The molecular weight excluding hydrogens is 358 g/mol. The summed E-state index contributed by atoms with van der Waals surface area (Å²) in [5.74, 6) is -0.394. The van der Waals surface area contributed by atoms with Crippen LogP contribution in [0, 0.1) is 0 Å². The number of ether oxygens (including phenoxy) is 1. The lowest BCUT2D eigenvalue weighted by Crippen LogP contribution is -2.06. The summed E-state index contributed by atoms with van der Waals surface area (Å²) in [6.45, 7) is 0.459. The van der Waals surface area contributed by atoms with Gasteiger partial charge in [0, 0.05) is 17.8 Å². The predicted octanol–water partition coefficient (Wildman–Crippen LogP) is 3.70. The normalized spacial score (nSPS) is 12.0. The van der Waals surface area contributed by atoms with E-state index in [9.17, 15) is 15.0 Å². The zero-order valence-corrected chi connectivity index (χ0v) is 15.2. The molecule has 0 saturated heterocycles. The Labute approximate surface area is 161 Å². The van der Waals surface area contributed by atoms with Gasteiger partial charge < -0.3 is 14.9 Å². The number of aliphatic hydroxyl groups is 1. The Hall–Kier alpha value is -3.87. The molecule has 0 bridgehead atoms. The minimum atomic E-state index is -1.27. The maximum absolute atomic E-state index is 11.6. The van der Waals surface area contributed by atoms with Crippen LogP contribution in [-0.2, 0) is 11.3 Å². The van der Waals surface area contributed by atoms with Gasteiger partial charge in [-0.15, -0.1) is 0 Å². The predicted molar refractivity (Wildman–Crippen MR) is 106 cm³/mol. The second-order valence-corrected chi connectivity index (χ2v) is 5.89. The molecule has 28 heavy (non-hydrogen) atoms. The molecule has 1 heterocycles. The maximum atomic E-state index is 11.6. The van der Waals surface area contributed by atoms with E-state index >= 15 is 0 Å². The first-order chi connectivity index (χ1) is 13.6. The number of rotatable bonds is 7. The summed E-state index contributed by atoms with van der Waals surface area (Å²) in [4.78, 5) is 15.8. The molecule has 0 amide bonds. The molecular formula is C21H19N3O4. The van der Waals surface area contributed by atoms with Gasteiger partial charge in [-0.3, -0.25) is 0 Å². The van der Waals surface area contributed by atoms with E-state index in [0.717, 1.165) is 17.5 Å². The molecule has 7 heteroatoms. The van der Waals surface area contributed by atoms with Gasteiger partial charge in [-0.2, -0.15) is 5.10 Å². The van der Waals surface area contributed by atoms with Crippen LogP contribution < -0.4 is 4.74 Å². The van der Waals surface area contributed by atoms with Crippen LogP contribution in [0.2, 0.25) is 0 Å². The van der Waals surface area contributed by atoms with Crippen molar-refractivity contribution in [2.75, 3.05) is 7.11 Å². The molecule has 142 valence electrons. The number of aliphatic hydroxyl groups excluding tert-OH is 1. The Morgan fingerprint density at radius 1 is 1.11 bits per heavy atom. The molecule has 0 aliphatic heterocycles. The highest BCUT2D eigenvalue weighted by Crippen LogP contribution is 2.18. The minimum absolute atomic E-state index is 0.302. The minimum Gasteiger partial charge on any atom is -0.506 e. The zero-order chi connectivity index (χ0) is 19.9. The van der Waals surface area contributed by atoms with Crippen molar-refractivity contribution in [3.05, 3.63) is 83.6 Å². The Morgan fingerprint density at radius 3 is 2.46 bits per heavy atom. The molecule has 3 aromatic rings. The van der Waals surface area contributed by atoms with E-state index in [-0.39, 0.29) is 11.3 Å². The molecule has 0 aliphatic carbocycles. The first kappa shape index (κ1) is 18.9. The monoisotopic (exact) mass is 377 g/mol. The summed E-state index contributed by atoms with van der Waals surface area (Å²) in [6.07, 6.45) is 2.71. The topological polar surface area (TPSA) is 96.9 Å². The Bertz CT molecular complexity index is 1010. The molecule has 0 radical (unpaired) electrons. The van der Waals surface area contributed by atoms with E-state index in [0.29, 0.717) is 17.9 Å². The number of hydrogen-bond acceptors (Lipinski definition) is 5. The van der Waals surface area contributed by atoms with Crippen molar-refractivity contribution >= 4 is 23.8 Å². The van der Waals surface area contributed by atoms with Crippen molar-refractivity contribution in [3.63, 3.8) is 0 Å². The quantitative estimate of drug-likeness (QED) is 0.372. The molecule has 2 aromatic carbocycles. The highest BCUT2D eigenvalue weighted by molar-refractivity contribution is 6.14. The van der Waals surface area contributed by atoms with Gasteiger partial charge in [-0.1, -0.05) is 42.5 Å². The lowest BCUT2D eigenvalue weighted by Gasteiger charge is -2.06. The smallest absolute Gasteiger partial charge is 0.341 e. The van der Waals surface area contributed by atoms with Gasteiger partial charge in [-0.25, -0.2) is 14.5 Å². The van der Waals surface area contributed by atoms with Crippen LogP contribution in [0.4, 0.5) is 5.82 Å². The number of methoxy groups -OCH3 is 1. The number of hydrogen-bond donors (Lipinski definition) is 2. The summed E-state index contributed by atoms with van der Waals surface area (Å²) in [5, 5.41) is 24.0. The molecule has 3 rings (SSSR count). The third kappa shape index (κ3) is 4.45. The second-order valence-electron chi connectivity index (χ2n) is 5.89. The number of carboxylic acids is 1. The largest absolute Gasteiger partial charge is 0.506 e. The number of aromatic nitrogens is 2. The van der Waals surface area contributed by atoms with Crippen molar-refractivity contribution in [2.45, 2.75) is 6.54 Å². The number of aliphatic imine (C=N–C) groups is 1. The summed E-state index contributed by atoms with van der Waals surface area (Å²) in [6, 6.07) is 17.7. The number of aliphatic carboxylic acids is 1. The lowest BCUT2D eigenvalue weighted by molar-refractivity contribution is -0.132. The molecule has 7 nitrogen and oxygen atoms in total. The van der Waals surface area contributed by atoms with Crippen molar-refractivity contribution < 1.29 is 19.7 Å². The SMILES string of the molecule is COc1ccc(Cn2nccc2/N=C/C(C(=O)O)=C(/O)c2ccccc2)cc1. The molecule has 0 spiro atoms. The third-order valence-corrected chi connectivity index (χ3v) is 4.04. The van der Waals surface area contributed by atoms with Crippen LogP contribution in [-0.4, -0.2) is 39.3 Å². The fraction of sp³-hybridized carbons (Fsp3) is 0.0952. The Morgan fingerprint density at radius 2 is 1.82 bits per heavy atom. The Kier molecular flexibility index (Phi) is 5.86. The average Bonchev–Trinajstić information content (AvgIpc) is 3.16. The van der Waals surface area contributed by atoms with Crippen LogP contribution in [0.15, 0.2) is 77.4 Å². The van der Waals surface area contributed by atoms with Crippen molar-refractivity contribution in [1.82, 2.24) is 9.78 Å². The Balaban J connectivity index is 1.85. The van der Waals surface area contributed by atoms with Gasteiger partial charge >= 0.3 is 5.97 Å². The maximum Gasteiger partial charge on any atom is 0.341 e. The van der Waals surface area contributed by atoms with Crippen LogP contribution in [0.3, 0.4) is 0 Å². The van der Waals surface area contributed by atoms with E-state index < -0.39 is 5.97 Å². The molecule has 0 atom stereocenters. The summed E-state index contributed by atoms with van der Waals surface area (Å²) in [5.41, 5.74) is 1.09. The van der Waals surface area contributed by atoms with Crippen LogP contribution >= 0.6 is 0 Å². The molecule has 0 fully saturated rings. The van der Waals surface area contributed by atoms with Gasteiger partial charge in [0.2, 0.25) is 0 Å². The first-order valence-electron chi connectivity index (χ1n) is 8.49. The van der Waals surface area contributed by atoms with E-state index in [1.807, 2.05) is 24.3 Å². The first-order valence-corrected chi connectivity index (χ1v) is 8.49. The van der Waals surface area contributed by atoms with Gasteiger partial charge in [0.25, 0.3) is 0 Å². The van der Waals surface area contributed by atoms with Gasteiger partial charge in [0.15, 0.2) is 5.82 Å². The molecule has 0 saturated carbocycles. The van der Waals surface area contributed by atoms with Crippen LogP contribution in [0.25, 0.3) is 5.76 Å². The van der Waals surface area contributed by atoms with Gasteiger partial charge in [0.05, 0.1) is 19.9 Å². The molecule has 2 N–H and O–H groups in total. The highest BCUT2D eigenvalue weighted by atomic mass is 16.5. The highest BCUT2D eigenvalue weighted by Gasteiger charge is 2.14. The van der Waals surface area contributed by atoms with Crippen molar-refractivity contribution in [1.29, 1.82) is 0 Å². The number of carboxylic acid groups (broad SMARTS) is 1. The van der Waals surface area contributed by atoms with E-state index in [4.69, 9.17) is 4.74 Å². The third-order valence-electron chi connectivity index (χ3n) is 4.04. The molecule has 0 aliphatic rings. The van der Waals surface area contributed by atoms with Crippen molar-refractivity contribution in [3.8, 4) is 5.75 Å². The summed E-state index contributed by atoms with van der Waals surface area (Å²) < 4.78 is 6.78. The zero-order valence-electron chi connectivity index (χ0n) is 15.2. The van der Waals surface area contributed by atoms with E-state index in [2.05, 4.69) is 10.1 Å². The number of nitrogens with zero attached hydrogens (tertiary/aromatic N) is 3. The van der Waals surface area contributed by atoms with E-state index in [1.54, 1.807) is 54.4 Å². The molecule has 0 unspecified atom stereocenters. The van der Waals surface area contributed by atoms with Gasteiger partial charge in [-0.05, 0) is 17.7 Å². The lowest BCUT2D eigenvalue weighted by atomic mass is 10.1. The van der Waals surface area contributed by atoms with Crippen LogP contribution in [0.5, 0.6) is 5.75 Å². The summed E-state index contributed by atoms with van der Waals surface area (Å²) in [7, 11) is 1.60. The average molecular weight is 377 g/mol. The standard InChI is InChI=1S/C21H19N3O4/c1-28-17-9-7-15(8-10-17)14-24-19(11-12-23-24)22-13-18(21(26)27)20(25)16-5-3-2-4-6-16/h2-13,25H,14H2,1H3,(H,26,27)/b20-18-,22-13+. The van der Waals surface area contributed by atoms with Gasteiger partial charge in [0.1, 0.15) is 17.1 Å². The second kappa shape index (κ2) is 8.68. The fourth-order valence-corrected chi connectivity index (χ4v) is 2.56. The summed E-state index contributed by atoms with van der Waals surface area (Å²) >= 11 is 0. The number of carbonyl (C=O) groups is 1. The van der Waals surface area contributed by atoms with E-state index in [1.165, 1.54) is 0 Å². The van der Waals surface area contributed by atoms with Crippen molar-refractivity contribution in [2.24, 2.45) is 4.99 Å². The number of benzene rings is 2. The fourth-order valence-electron chi connectivity index (χ4n) is 2.56. The molecule has 1 aromatic heterocycles. The van der Waals surface area contributed by atoms with Crippen LogP contribution in [0.1, 0.15) is 11.1 Å².